The normalized spacial score (nSPS) is 31.3. The molecule has 2 saturated heterocycles. The van der Waals surface area contributed by atoms with E-state index in [0.29, 0.717) is 11.0 Å². The van der Waals surface area contributed by atoms with Crippen LogP contribution in [-0.4, -0.2) is 104 Å². The molecule has 9 atom stereocenters. The zero-order valence-electron chi connectivity index (χ0n) is 21.7. The molecular weight excluding hydrogens is 579 g/mol. The Kier molecular flexibility index (Phi) is 7.28. The van der Waals surface area contributed by atoms with Crippen molar-refractivity contribution < 1.29 is 43.9 Å². The molecule has 1 unspecified atom stereocenters. The number of aromatic nitrogens is 6. The summed E-state index contributed by atoms with van der Waals surface area (Å²) in [5.41, 5.74) is 9.81. The van der Waals surface area contributed by atoms with Crippen molar-refractivity contribution in [1.29, 1.82) is 0 Å². The number of hydrogen-bond acceptors (Lipinski definition) is 14. The first-order valence-corrected chi connectivity index (χ1v) is 14.5. The second kappa shape index (κ2) is 10.7. The van der Waals surface area contributed by atoms with Crippen molar-refractivity contribution >= 4 is 41.4 Å². The topological polar surface area (TPSA) is 279 Å². The maximum absolute atomic E-state index is 13.5. The van der Waals surface area contributed by atoms with E-state index in [0.717, 1.165) is 0 Å². The zero-order valence-corrected chi connectivity index (χ0v) is 22.6. The van der Waals surface area contributed by atoms with Crippen LogP contribution in [0.2, 0.25) is 0 Å². The van der Waals surface area contributed by atoms with E-state index in [1.165, 1.54) is 27.7 Å². The first-order chi connectivity index (χ1) is 20.0. The molecule has 10 N–H and O–H groups in total. The first kappa shape index (κ1) is 28.7. The Balaban J connectivity index is 1.19. The van der Waals surface area contributed by atoms with E-state index in [1.54, 1.807) is 12.3 Å². The van der Waals surface area contributed by atoms with Gasteiger partial charge in [-0.25, -0.2) is 9.97 Å². The van der Waals surface area contributed by atoms with Crippen LogP contribution < -0.4 is 17.0 Å². The number of nitrogen functional groups attached to an aromatic ring is 2. The van der Waals surface area contributed by atoms with Gasteiger partial charge >= 0.3 is 7.60 Å². The van der Waals surface area contributed by atoms with Gasteiger partial charge < -0.3 is 59.9 Å². The number of nitrogens with one attached hydrogen (secondary N) is 1. The van der Waals surface area contributed by atoms with Crippen molar-refractivity contribution in [3.63, 3.8) is 0 Å². The molecule has 0 saturated carbocycles. The average Bonchev–Trinajstić information content (AvgIpc) is 3.70. The highest BCUT2D eigenvalue weighted by atomic mass is 31.2. The van der Waals surface area contributed by atoms with Gasteiger partial charge in [0.05, 0.1) is 30.1 Å². The van der Waals surface area contributed by atoms with Gasteiger partial charge in [0, 0.05) is 18.8 Å². The first-order valence-electron chi connectivity index (χ1n) is 12.9. The number of nitrogens with zero attached hydrogens (tertiary/aromatic N) is 5. The molecule has 0 aromatic carbocycles. The van der Waals surface area contributed by atoms with E-state index < -0.39 is 75.0 Å². The Morgan fingerprint density at radius 2 is 1.67 bits per heavy atom. The van der Waals surface area contributed by atoms with Crippen molar-refractivity contribution in [2.75, 3.05) is 24.7 Å². The molecule has 18 nitrogen and oxygen atoms in total. The predicted molar refractivity (Wildman–Crippen MR) is 144 cm³/mol. The van der Waals surface area contributed by atoms with E-state index >= 15 is 0 Å². The molecule has 0 amide bonds. The second-order valence-electron chi connectivity index (χ2n) is 10.1. The van der Waals surface area contributed by atoms with Gasteiger partial charge in [-0.05, 0) is 12.1 Å². The number of aromatic amines is 1. The lowest BCUT2D eigenvalue weighted by molar-refractivity contribution is -0.0433. The molecule has 0 spiro atoms. The molecule has 0 radical (unpaired) electrons. The summed E-state index contributed by atoms with van der Waals surface area (Å²) in [6.45, 7) is -1.09. The van der Waals surface area contributed by atoms with Gasteiger partial charge in [-0.1, -0.05) is 0 Å². The number of ether oxygens (including phenoxy) is 2. The Labute approximate surface area is 235 Å². The Morgan fingerprint density at radius 1 is 0.976 bits per heavy atom. The molecule has 4 aromatic heterocycles. The summed E-state index contributed by atoms with van der Waals surface area (Å²) >= 11 is 0. The summed E-state index contributed by atoms with van der Waals surface area (Å²) in [4.78, 5) is 37.8. The van der Waals surface area contributed by atoms with Crippen LogP contribution in [-0.2, 0) is 18.6 Å². The maximum Gasteiger partial charge on any atom is 0.338 e. The van der Waals surface area contributed by atoms with Crippen LogP contribution in [0.4, 0.5) is 11.8 Å². The summed E-state index contributed by atoms with van der Waals surface area (Å²) in [6, 6.07) is 3.04. The SMILES string of the molecule is Nc1nc2c(ccn2[C@@H]2O[C@H](CO)[C@@H](O)[C@H]2P(=O)(O)OCC[C@H]2O[C@@H](n3ccc4c(N)ncnc43)[C@H](O)[C@@H]2O)c(=O)[nH]1. The minimum Gasteiger partial charge on any atom is -0.394 e. The second-order valence-corrected chi connectivity index (χ2v) is 12.1. The predicted octanol–water partition coefficient (Wildman–Crippen LogP) is -1.84. The molecule has 2 aliphatic rings. The van der Waals surface area contributed by atoms with Crippen LogP contribution in [0.1, 0.15) is 18.9 Å². The van der Waals surface area contributed by atoms with Crippen molar-refractivity contribution in [2.24, 2.45) is 0 Å². The molecule has 0 aliphatic carbocycles. The Hall–Kier alpha value is -3.45. The summed E-state index contributed by atoms with van der Waals surface area (Å²) < 4.78 is 33.2. The number of aliphatic hydroxyl groups excluding tert-OH is 4. The van der Waals surface area contributed by atoms with Crippen molar-refractivity contribution in [1.82, 2.24) is 29.1 Å². The van der Waals surface area contributed by atoms with Gasteiger partial charge in [-0.15, -0.1) is 0 Å². The van der Waals surface area contributed by atoms with E-state index in [9.17, 15) is 34.7 Å². The minimum absolute atomic E-state index is 0.0316. The van der Waals surface area contributed by atoms with E-state index in [1.807, 2.05) is 0 Å². The number of anilines is 2. The number of H-pyrrole nitrogens is 1. The fraction of sp³-hybridized carbons (Fsp3) is 0.478. The van der Waals surface area contributed by atoms with Crippen molar-refractivity contribution in [3.05, 3.63) is 41.2 Å². The molecule has 0 bridgehead atoms. The Bertz CT molecular complexity index is 1730. The van der Waals surface area contributed by atoms with Crippen molar-refractivity contribution in [2.45, 2.75) is 55.1 Å². The summed E-state index contributed by atoms with van der Waals surface area (Å²) in [5, 5.41) is 42.5. The van der Waals surface area contributed by atoms with Crippen LogP contribution >= 0.6 is 7.60 Å². The lowest BCUT2D eigenvalue weighted by Crippen LogP contribution is -2.34. The monoisotopic (exact) mass is 608 g/mol. The molecule has 6 heterocycles. The summed E-state index contributed by atoms with van der Waals surface area (Å²) in [7, 11) is -4.73. The number of nitrogens with two attached hydrogens (primary N) is 2. The third-order valence-electron chi connectivity index (χ3n) is 7.60. The summed E-state index contributed by atoms with van der Waals surface area (Å²) in [6.07, 6.45) is -4.93. The molecule has 2 fully saturated rings. The lowest BCUT2D eigenvalue weighted by Gasteiger charge is -2.26. The largest absolute Gasteiger partial charge is 0.394 e. The van der Waals surface area contributed by atoms with Gasteiger partial charge in [-0.2, -0.15) is 4.98 Å². The highest BCUT2D eigenvalue weighted by Gasteiger charge is 2.55. The summed E-state index contributed by atoms with van der Waals surface area (Å²) in [5.74, 6) is 0.0262. The van der Waals surface area contributed by atoms with E-state index in [2.05, 4.69) is 19.9 Å². The van der Waals surface area contributed by atoms with Crippen LogP contribution in [0.5, 0.6) is 0 Å². The van der Waals surface area contributed by atoms with Crippen LogP contribution in [0.25, 0.3) is 22.1 Å². The average molecular weight is 609 g/mol. The van der Waals surface area contributed by atoms with Gasteiger partial charge in [0.15, 0.2) is 18.1 Å². The quantitative estimate of drug-likeness (QED) is 0.102. The number of fused-ring (bicyclic) bond motifs is 2. The molecular formula is C23H29N8O10P. The highest BCUT2D eigenvalue weighted by Crippen LogP contribution is 2.57. The highest BCUT2D eigenvalue weighted by molar-refractivity contribution is 7.53. The van der Waals surface area contributed by atoms with Gasteiger partial charge in [-0.3, -0.25) is 14.3 Å². The van der Waals surface area contributed by atoms with Gasteiger partial charge in [0.2, 0.25) is 5.95 Å². The molecule has 42 heavy (non-hydrogen) atoms. The molecule has 226 valence electrons. The van der Waals surface area contributed by atoms with Crippen LogP contribution in [0.15, 0.2) is 35.6 Å². The molecule has 2 aliphatic heterocycles. The number of hydrogen-bond donors (Lipinski definition) is 8. The van der Waals surface area contributed by atoms with E-state index in [4.69, 9.17) is 25.5 Å². The van der Waals surface area contributed by atoms with Gasteiger partial charge in [0.1, 0.15) is 47.9 Å². The van der Waals surface area contributed by atoms with Crippen molar-refractivity contribution in [3.8, 4) is 0 Å². The lowest BCUT2D eigenvalue weighted by atomic mass is 10.1. The maximum atomic E-state index is 13.5. The van der Waals surface area contributed by atoms with Crippen LogP contribution in [0, 0.1) is 0 Å². The zero-order chi connectivity index (χ0) is 29.9. The third-order valence-corrected chi connectivity index (χ3v) is 9.46. The molecule has 19 heteroatoms. The minimum atomic E-state index is -4.73. The van der Waals surface area contributed by atoms with E-state index in [-0.39, 0.29) is 29.2 Å². The smallest absolute Gasteiger partial charge is 0.338 e. The standard InChI is InChI=1S/C23H29N8O10P/c24-17-9-1-4-30(18(9)27-8-26-17)21-15(35)13(33)11(40-21)3-6-39-42(37,38)16-14(34)12(7-32)41-22(16)31-5-2-10-19(31)28-23(25)29-20(10)36/h1-2,4-5,8,11-16,21-22,32-35H,3,6-7H2,(H,37,38)(H2,24,26,27)(H3,25,28,29,36)/t11-,12-,13-,14-,15-,16-,21-,22-/m1/s1. The third kappa shape index (κ3) is 4.66. The number of rotatable bonds is 8. The fourth-order valence-corrected chi connectivity index (χ4v) is 7.16. The molecule has 4 aromatic rings. The molecule has 6 rings (SSSR count). The Morgan fingerprint density at radius 3 is 2.40 bits per heavy atom. The van der Waals surface area contributed by atoms with Gasteiger partial charge in [0.25, 0.3) is 5.56 Å². The van der Waals surface area contributed by atoms with Crippen LogP contribution in [0.3, 0.4) is 0 Å². The number of aliphatic hydroxyl groups is 4. The fourth-order valence-electron chi connectivity index (χ4n) is 5.51.